The van der Waals surface area contributed by atoms with Gasteiger partial charge in [0.05, 0.1) is 16.2 Å². The second-order valence-electron chi connectivity index (χ2n) is 23.8. The zero-order valence-electron chi connectivity index (χ0n) is 50.0. The third-order valence-electron chi connectivity index (χ3n) is 16.4. The molecule has 2 aliphatic carbocycles. The summed E-state index contributed by atoms with van der Waals surface area (Å²) in [5, 5.41) is 27.3. The fourth-order valence-electron chi connectivity index (χ4n) is 8.19. The van der Waals surface area contributed by atoms with Crippen molar-refractivity contribution in [1.29, 1.82) is 0 Å². The number of halogens is 6. The van der Waals surface area contributed by atoms with Gasteiger partial charge in [-0.15, -0.1) is 0 Å². The minimum absolute atomic E-state index is 0.0226. The summed E-state index contributed by atoms with van der Waals surface area (Å²) in [4.78, 5) is 36.1. The maximum Gasteiger partial charge on any atom is 0.430 e. The maximum absolute atomic E-state index is 12.7. The van der Waals surface area contributed by atoms with E-state index in [2.05, 4.69) is 55.4 Å². The molecule has 0 radical (unpaired) electrons. The highest BCUT2D eigenvalue weighted by Crippen LogP contribution is 2.50. The lowest BCUT2D eigenvalue weighted by Crippen LogP contribution is -2.53. The zero-order valence-corrected chi connectivity index (χ0v) is 50.0. The molecule has 78 heavy (non-hydrogen) atoms. The number of benzene rings is 3. The Morgan fingerprint density at radius 3 is 1.01 bits per heavy atom. The Morgan fingerprint density at radius 1 is 0.487 bits per heavy atom. The summed E-state index contributed by atoms with van der Waals surface area (Å²) in [6.07, 6.45) is 1.37. The first-order valence-corrected chi connectivity index (χ1v) is 28.1. The normalized spacial score (nSPS) is 16.1. The van der Waals surface area contributed by atoms with Crippen LogP contribution in [0.5, 0.6) is 17.2 Å². The van der Waals surface area contributed by atoms with Gasteiger partial charge < -0.3 is 29.5 Å². The summed E-state index contributed by atoms with van der Waals surface area (Å²) in [6.45, 7) is 34.2. The van der Waals surface area contributed by atoms with E-state index in [-0.39, 0.29) is 39.7 Å². The second-order valence-corrected chi connectivity index (χ2v) is 23.8. The fraction of sp³-hybridized carbons (Fsp3) is 0.667. The van der Waals surface area contributed by atoms with Crippen molar-refractivity contribution in [2.75, 3.05) is 0 Å². The molecule has 2 fully saturated rings. The predicted octanol–water partition coefficient (Wildman–Crippen LogP) is 18.0. The van der Waals surface area contributed by atoms with E-state index in [1.165, 1.54) is 36.8 Å². The summed E-state index contributed by atoms with van der Waals surface area (Å²) in [6, 6.07) is 17.2. The lowest BCUT2D eigenvalue weighted by atomic mass is 9.86. The third kappa shape index (κ3) is 20.1. The number of aromatic hydroxyl groups is 2. The molecule has 444 valence electrons. The standard InChI is InChI=1S/C15H16F6O3.2C14H26O2.2C10H14O/c1-4-12(2,3)11(22)24-10-7-5-9(6-8-10)13(23,14(16,17)18)15(19,20)21;2*1-6-13(4,5)12(15)16-14(11(2)3)9-7-8-10-14;2*1-3-8(2)9-4-6-10(11)7-5-9/h5-8,23H,4H2,1-3H3;2*11H,6-10H2,1-5H3;2*4-8,11H,3H2,1-2H3. The van der Waals surface area contributed by atoms with Crippen molar-refractivity contribution >= 4 is 17.9 Å². The largest absolute Gasteiger partial charge is 0.508 e. The number of esters is 3. The molecule has 0 spiro atoms. The molecule has 2 aliphatic rings. The number of phenolic OH excluding ortho intramolecular Hbond substituents is 2. The van der Waals surface area contributed by atoms with Crippen molar-refractivity contribution < 1.29 is 70.3 Å². The van der Waals surface area contributed by atoms with Gasteiger partial charge in [-0.3, -0.25) is 14.4 Å². The first-order chi connectivity index (χ1) is 35.8. The van der Waals surface area contributed by atoms with Gasteiger partial charge in [0.2, 0.25) is 0 Å². The topological polar surface area (TPSA) is 140 Å². The Kier molecular flexibility index (Phi) is 27.5. The summed E-state index contributed by atoms with van der Waals surface area (Å²) in [5.74, 6) is 1.77. The molecule has 0 aliphatic heterocycles. The van der Waals surface area contributed by atoms with Crippen LogP contribution in [0.2, 0.25) is 0 Å². The molecule has 0 bridgehead atoms. The number of hydrogen-bond donors (Lipinski definition) is 3. The van der Waals surface area contributed by atoms with Gasteiger partial charge in [0.25, 0.3) is 5.60 Å². The molecular formula is C63H96F6O9. The number of ether oxygens (including phenoxy) is 3. The summed E-state index contributed by atoms with van der Waals surface area (Å²) in [7, 11) is 0. The Bertz CT molecular complexity index is 2110. The number of carbonyl (C=O) groups excluding carboxylic acids is 3. The van der Waals surface area contributed by atoms with Gasteiger partial charge in [0.1, 0.15) is 28.5 Å². The van der Waals surface area contributed by atoms with E-state index in [9.17, 15) is 45.8 Å². The summed E-state index contributed by atoms with van der Waals surface area (Å²) in [5.41, 5.74) is -5.74. The molecule has 3 aromatic carbocycles. The van der Waals surface area contributed by atoms with Crippen LogP contribution in [-0.4, -0.2) is 56.8 Å². The van der Waals surface area contributed by atoms with Crippen LogP contribution >= 0.6 is 0 Å². The smallest absolute Gasteiger partial charge is 0.430 e. The van der Waals surface area contributed by atoms with E-state index in [0.29, 0.717) is 53.7 Å². The summed E-state index contributed by atoms with van der Waals surface area (Å²) < 4.78 is 93.1. The molecule has 5 rings (SSSR count). The second kappa shape index (κ2) is 30.1. The molecule has 0 amide bonds. The Hall–Kier alpha value is -4.79. The van der Waals surface area contributed by atoms with E-state index in [0.717, 1.165) is 63.5 Å². The number of phenols is 2. The molecule has 9 nitrogen and oxygen atoms in total. The average Bonchev–Trinajstić information content (AvgIpc) is 4.08. The minimum atomic E-state index is -5.96. The van der Waals surface area contributed by atoms with Crippen LogP contribution in [0.15, 0.2) is 72.8 Å². The van der Waals surface area contributed by atoms with Gasteiger partial charge in [-0.2, -0.15) is 26.3 Å². The Morgan fingerprint density at radius 2 is 0.769 bits per heavy atom. The van der Waals surface area contributed by atoms with Crippen LogP contribution in [-0.2, 0) is 29.5 Å². The molecule has 2 atom stereocenters. The Labute approximate surface area is 463 Å². The van der Waals surface area contributed by atoms with Gasteiger partial charge in [-0.05, 0) is 196 Å². The average molecular weight is 1110 g/mol. The number of hydrogen-bond acceptors (Lipinski definition) is 9. The van der Waals surface area contributed by atoms with E-state index >= 15 is 0 Å². The molecule has 2 saturated carbocycles. The first-order valence-electron chi connectivity index (χ1n) is 28.1. The van der Waals surface area contributed by atoms with Gasteiger partial charge in [-0.25, -0.2) is 0 Å². The molecule has 3 N–H and O–H groups in total. The van der Waals surface area contributed by atoms with Crippen molar-refractivity contribution in [2.24, 2.45) is 28.1 Å². The van der Waals surface area contributed by atoms with E-state index < -0.39 is 34.9 Å². The highest BCUT2D eigenvalue weighted by molar-refractivity contribution is 5.78. The molecule has 3 aromatic rings. The van der Waals surface area contributed by atoms with Crippen molar-refractivity contribution in [2.45, 2.75) is 242 Å². The number of rotatable bonds is 16. The van der Waals surface area contributed by atoms with Gasteiger partial charge >= 0.3 is 30.3 Å². The lowest BCUT2D eigenvalue weighted by molar-refractivity contribution is -0.376. The zero-order chi connectivity index (χ0) is 60.3. The number of alkyl halides is 6. The molecule has 0 saturated heterocycles. The fourth-order valence-corrected chi connectivity index (χ4v) is 8.19. The molecular weight excluding hydrogens is 1010 g/mol. The van der Waals surface area contributed by atoms with Gasteiger partial charge in [0.15, 0.2) is 0 Å². The van der Waals surface area contributed by atoms with E-state index in [4.69, 9.17) is 24.4 Å². The molecule has 2 unspecified atom stereocenters. The van der Waals surface area contributed by atoms with Crippen molar-refractivity contribution in [1.82, 2.24) is 0 Å². The van der Waals surface area contributed by atoms with Crippen molar-refractivity contribution in [3.63, 3.8) is 0 Å². The van der Waals surface area contributed by atoms with Crippen LogP contribution in [0.1, 0.15) is 230 Å². The molecule has 0 aromatic heterocycles. The van der Waals surface area contributed by atoms with Gasteiger partial charge in [-0.1, -0.05) is 113 Å². The van der Waals surface area contributed by atoms with Crippen molar-refractivity contribution in [3.05, 3.63) is 89.5 Å². The van der Waals surface area contributed by atoms with Crippen molar-refractivity contribution in [3.8, 4) is 17.2 Å². The number of aliphatic hydroxyl groups is 1. The molecule has 0 heterocycles. The van der Waals surface area contributed by atoms with Crippen LogP contribution in [0.3, 0.4) is 0 Å². The third-order valence-corrected chi connectivity index (χ3v) is 16.4. The lowest BCUT2D eigenvalue weighted by Gasteiger charge is -2.36. The van der Waals surface area contributed by atoms with Crippen LogP contribution in [0.4, 0.5) is 26.3 Å². The quantitative estimate of drug-likeness (QED) is 0.0727. The van der Waals surface area contributed by atoms with E-state index in [1.807, 2.05) is 65.8 Å². The van der Waals surface area contributed by atoms with Crippen LogP contribution in [0, 0.1) is 28.1 Å². The maximum atomic E-state index is 12.7. The molecule has 15 heteroatoms. The minimum Gasteiger partial charge on any atom is -0.508 e. The predicted molar refractivity (Wildman–Crippen MR) is 298 cm³/mol. The summed E-state index contributed by atoms with van der Waals surface area (Å²) >= 11 is 0. The van der Waals surface area contributed by atoms with Gasteiger partial charge in [0, 0.05) is 5.56 Å². The highest BCUT2D eigenvalue weighted by atomic mass is 19.4. The first kappa shape index (κ1) is 71.2. The van der Waals surface area contributed by atoms with E-state index in [1.54, 1.807) is 45.0 Å². The Balaban J connectivity index is 0.000000503. The number of carbonyl (C=O) groups is 3. The van der Waals surface area contributed by atoms with Crippen LogP contribution in [0.25, 0.3) is 0 Å². The SMILES string of the molecule is CCC(C)(C)C(=O)OC1(C(C)C)CCCC1.CCC(C)(C)C(=O)OC1(C(C)C)CCCC1.CCC(C)(C)C(=O)Oc1ccc(C(O)(C(F)(F)F)C(F)(F)F)cc1.CCC(C)c1ccc(O)cc1.CCC(C)c1ccc(O)cc1. The monoisotopic (exact) mass is 1110 g/mol. The van der Waals surface area contributed by atoms with Crippen LogP contribution < -0.4 is 4.74 Å². The highest BCUT2D eigenvalue weighted by Gasteiger charge is 2.71.